The van der Waals surface area contributed by atoms with Gasteiger partial charge in [-0.15, -0.1) is 0 Å². The molecule has 1 unspecified atom stereocenters. The van der Waals surface area contributed by atoms with Crippen molar-refractivity contribution in [2.75, 3.05) is 32.6 Å². The molecule has 1 atom stereocenters. The van der Waals surface area contributed by atoms with Crippen LogP contribution in [0.15, 0.2) is 23.1 Å². The van der Waals surface area contributed by atoms with Crippen molar-refractivity contribution < 1.29 is 17.9 Å². The Bertz CT molecular complexity index is 553. The van der Waals surface area contributed by atoms with E-state index in [9.17, 15) is 8.42 Å². The van der Waals surface area contributed by atoms with Crippen molar-refractivity contribution in [1.82, 2.24) is 4.72 Å². The standard InChI is InChI=1S/C13H20N2O4S/c1-18-13-5-4-11(7-12(13)14)20(16,17)15-8-10-3-2-6-19-9-10/h4-5,7,10,15H,2-3,6,8-9,14H2,1H3. The predicted molar refractivity (Wildman–Crippen MR) is 76.1 cm³/mol. The van der Waals surface area contributed by atoms with Gasteiger partial charge in [-0.3, -0.25) is 0 Å². The fourth-order valence-electron chi connectivity index (χ4n) is 2.16. The van der Waals surface area contributed by atoms with Crippen LogP contribution in [0.5, 0.6) is 5.75 Å². The number of anilines is 1. The Labute approximate surface area is 119 Å². The first-order valence-electron chi connectivity index (χ1n) is 6.54. The molecular weight excluding hydrogens is 280 g/mol. The van der Waals surface area contributed by atoms with Crippen LogP contribution in [-0.4, -0.2) is 35.3 Å². The highest BCUT2D eigenvalue weighted by molar-refractivity contribution is 7.89. The molecule has 1 heterocycles. The Morgan fingerprint density at radius 3 is 2.90 bits per heavy atom. The van der Waals surface area contributed by atoms with Crippen molar-refractivity contribution in [3.05, 3.63) is 18.2 Å². The van der Waals surface area contributed by atoms with E-state index in [4.69, 9.17) is 15.2 Å². The van der Waals surface area contributed by atoms with E-state index in [1.54, 1.807) is 6.07 Å². The summed E-state index contributed by atoms with van der Waals surface area (Å²) in [5.41, 5.74) is 6.03. The summed E-state index contributed by atoms with van der Waals surface area (Å²) in [7, 11) is -2.06. The van der Waals surface area contributed by atoms with Crippen LogP contribution in [0.1, 0.15) is 12.8 Å². The zero-order valence-corrected chi connectivity index (χ0v) is 12.3. The van der Waals surface area contributed by atoms with Crippen LogP contribution in [0.4, 0.5) is 5.69 Å². The predicted octanol–water partition coefficient (Wildman–Crippen LogP) is 0.982. The number of nitrogens with two attached hydrogens (primary N) is 1. The molecule has 1 aliphatic rings. The molecule has 1 aliphatic heterocycles. The number of nitrogens with one attached hydrogen (secondary N) is 1. The van der Waals surface area contributed by atoms with Crippen molar-refractivity contribution in [3.8, 4) is 5.75 Å². The smallest absolute Gasteiger partial charge is 0.240 e. The van der Waals surface area contributed by atoms with Crippen molar-refractivity contribution in [2.24, 2.45) is 5.92 Å². The molecule has 0 aliphatic carbocycles. The zero-order valence-electron chi connectivity index (χ0n) is 11.5. The number of rotatable bonds is 5. The third-order valence-electron chi connectivity index (χ3n) is 3.33. The summed E-state index contributed by atoms with van der Waals surface area (Å²) in [6.45, 7) is 1.75. The van der Waals surface area contributed by atoms with Gasteiger partial charge in [-0.2, -0.15) is 0 Å². The quantitative estimate of drug-likeness (QED) is 0.791. The molecule has 20 heavy (non-hydrogen) atoms. The normalized spacial score (nSPS) is 19.8. The van der Waals surface area contributed by atoms with Crippen molar-refractivity contribution in [2.45, 2.75) is 17.7 Å². The van der Waals surface area contributed by atoms with Gasteiger partial charge in [-0.25, -0.2) is 13.1 Å². The van der Waals surface area contributed by atoms with Gasteiger partial charge in [0.2, 0.25) is 10.0 Å². The molecule has 1 aromatic rings. The van der Waals surface area contributed by atoms with E-state index in [2.05, 4.69) is 4.72 Å². The summed E-state index contributed by atoms with van der Waals surface area (Å²) in [4.78, 5) is 0.146. The van der Waals surface area contributed by atoms with E-state index in [0.29, 0.717) is 24.6 Å². The lowest BCUT2D eigenvalue weighted by atomic mass is 10.0. The van der Waals surface area contributed by atoms with Gasteiger partial charge in [-0.1, -0.05) is 0 Å². The van der Waals surface area contributed by atoms with Gasteiger partial charge in [0.25, 0.3) is 0 Å². The number of benzene rings is 1. The molecule has 1 fully saturated rings. The van der Waals surface area contributed by atoms with E-state index in [1.165, 1.54) is 19.2 Å². The van der Waals surface area contributed by atoms with Gasteiger partial charge in [0, 0.05) is 13.2 Å². The summed E-state index contributed by atoms with van der Waals surface area (Å²) in [5, 5.41) is 0. The molecule has 2 rings (SSSR count). The van der Waals surface area contributed by atoms with Crippen LogP contribution in [0.25, 0.3) is 0 Å². The second-order valence-corrected chi connectivity index (χ2v) is 6.61. The van der Waals surface area contributed by atoms with E-state index in [0.717, 1.165) is 19.4 Å². The highest BCUT2D eigenvalue weighted by Crippen LogP contribution is 2.24. The largest absolute Gasteiger partial charge is 0.495 e. The van der Waals surface area contributed by atoms with Gasteiger partial charge in [0.1, 0.15) is 5.75 Å². The van der Waals surface area contributed by atoms with Crippen molar-refractivity contribution in [1.29, 1.82) is 0 Å². The minimum atomic E-state index is -3.55. The molecule has 0 aromatic heterocycles. The van der Waals surface area contributed by atoms with Crippen molar-refractivity contribution >= 4 is 15.7 Å². The number of ether oxygens (including phenoxy) is 2. The Balaban J connectivity index is 2.04. The van der Waals surface area contributed by atoms with Gasteiger partial charge < -0.3 is 15.2 Å². The summed E-state index contributed by atoms with van der Waals surface area (Å²) in [5.74, 6) is 0.693. The highest BCUT2D eigenvalue weighted by atomic mass is 32.2. The molecule has 0 bridgehead atoms. The maximum Gasteiger partial charge on any atom is 0.240 e. The van der Waals surface area contributed by atoms with Crippen LogP contribution in [0.3, 0.4) is 0 Å². The average Bonchev–Trinajstić information content (AvgIpc) is 2.46. The third kappa shape index (κ3) is 3.62. The Kier molecular flexibility index (Phi) is 4.85. The number of hydrogen-bond donors (Lipinski definition) is 2. The van der Waals surface area contributed by atoms with Crippen LogP contribution in [0.2, 0.25) is 0 Å². The second-order valence-electron chi connectivity index (χ2n) is 4.84. The van der Waals surface area contributed by atoms with E-state index in [-0.39, 0.29) is 10.8 Å². The first kappa shape index (κ1) is 15.1. The Morgan fingerprint density at radius 1 is 1.50 bits per heavy atom. The molecule has 6 nitrogen and oxygen atoms in total. The first-order valence-corrected chi connectivity index (χ1v) is 8.02. The summed E-state index contributed by atoms with van der Waals surface area (Å²) in [6.07, 6.45) is 1.95. The lowest BCUT2D eigenvalue weighted by Gasteiger charge is -2.22. The van der Waals surface area contributed by atoms with Crippen LogP contribution < -0.4 is 15.2 Å². The monoisotopic (exact) mass is 300 g/mol. The Hall–Kier alpha value is -1.31. The van der Waals surface area contributed by atoms with Crippen LogP contribution in [0, 0.1) is 5.92 Å². The number of sulfonamides is 1. The van der Waals surface area contributed by atoms with Gasteiger partial charge in [-0.05, 0) is 37.0 Å². The van der Waals surface area contributed by atoms with E-state index >= 15 is 0 Å². The fraction of sp³-hybridized carbons (Fsp3) is 0.538. The fourth-order valence-corrected chi connectivity index (χ4v) is 3.31. The molecular formula is C13H20N2O4S. The van der Waals surface area contributed by atoms with E-state index in [1.807, 2.05) is 0 Å². The van der Waals surface area contributed by atoms with E-state index < -0.39 is 10.0 Å². The number of hydrogen-bond acceptors (Lipinski definition) is 5. The minimum Gasteiger partial charge on any atom is -0.495 e. The van der Waals surface area contributed by atoms with Crippen LogP contribution >= 0.6 is 0 Å². The molecule has 3 N–H and O–H groups in total. The molecule has 1 saturated heterocycles. The molecule has 112 valence electrons. The summed E-state index contributed by atoms with van der Waals surface area (Å²) in [6, 6.07) is 4.43. The third-order valence-corrected chi connectivity index (χ3v) is 4.75. The number of nitrogen functional groups attached to an aromatic ring is 1. The van der Waals surface area contributed by atoms with Gasteiger partial charge >= 0.3 is 0 Å². The lowest BCUT2D eigenvalue weighted by Crippen LogP contribution is -2.33. The molecule has 0 spiro atoms. The minimum absolute atomic E-state index is 0.146. The SMILES string of the molecule is COc1ccc(S(=O)(=O)NCC2CCCOC2)cc1N. The molecule has 0 radical (unpaired) electrons. The molecule has 0 saturated carbocycles. The lowest BCUT2D eigenvalue weighted by molar-refractivity contribution is 0.0568. The first-order chi connectivity index (χ1) is 9.53. The topological polar surface area (TPSA) is 90.7 Å². The van der Waals surface area contributed by atoms with Crippen LogP contribution in [-0.2, 0) is 14.8 Å². The second kappa shape index (κ2) is 6.43. The number of methoxy groups -OCH3 is 1. The molecule has 0 amide bonds. The van der Waals surface area contributed by atoms with Gasteiger partial charge in [0.05, 0.1) is 24.3 Å². The summed E-state index contributed by atoms with van der Waals surface area (Å²) < 4.78 is 37.3. The average molecular weight is 300 g/mol. The zero-order chi connectivity index (χ0) is 14.6. The maximum atomic E-state index is 12.2. The molecule has 1 aromatic carbocycles. The van der Waals surface area contributed by atoms with Gasteiger partial charge in [0.15, 0.2) is 0 Å². The van der Waals surface area contributed by atoms with Crippen molar-refractivity contribution in [3.63, 3.8) is 0 Å². The highest BCUT2D eigenvalue weighted by Gasteiger charge is 2.19. The molecule has 7 heteroatoms. The Morgan fingerprint density at radius 2 is 2.30 bits per heavy atom. The maximum absolute atomic E-state index is 12.2. The summed E-state index contributed by atoms with van der Waals surface area (Å²) >= 11 is 0.